The molecule has 0 saturated carbocycles. The van der Waals surface area contributed by atoms with E-state index in [-0.39, 0.29) is 5.75 Å². The van der Waals surface area contributed by atoms with E-state index < -0.39 is 15.9 Å². The van der Waals surface area contributed by atoms with Crippen molar-refractivity contribution in [3.8, 4) is 0 Å². The zero-order chi connectivity index (χ0) is 4.78. The second-order valence-electron chi connectivity index (χ2n) is 1.23. The second-order valence-corrected chi connectivity index (χ2v) is 2.87. The fourth-order valence-electron chi connectivity index (χ4n) is 0.141. The van der Waals surface area contributed by atoms with Gasteiger partial charge >= 0.3 is 0 Å². The summed E-state index contributed by atoms with van der Waals surface area (Å²) in [5, 5.41) is 14.5. The van der Waals surface area contributed by atoms with E-state index in [4.69, 9.17) is 10.2 Å². The minimum atomic E-state index is -1.82. The van der Waals surface area contributed by atoms with Crippen molar-refractivity contribution in [2.45, 2.75) is 5.12 Å². The van der Waals surface area contributed by atoms with Gasteiger partial charge in [-0.2, -0.15) is 0 Å². The van der Waals surface area contributed by atoms with Gasteiger partial charge in [0.05, 0.1) is 16.6 Å². The molecule has 36 valence electrons. The maximum Gasteiger partial charge on any atom is 0.254 e. The first kappa shape index (κ1) is 4.23. The van der Waals surface area contributed by atoms with Crippen molar-refractivity contribution in [1.82, 2.24) is 0 Å². The molecule has 1 rings (SSSR count). The van der Waals surface area contributed by atoms with Gasteiger partial charge in [0.1, 0.15) is 0 Å². The minimum Gasteiger partial charge on any atom is -0.355 e. The van der Waals surface area contributed by atoms with Gasteiger partial charge in [-0.05, 0) is 0 Å². The molecule has 0 radical (unpaired) electrons. The zero-order valence-electron chi connectivity index (χ0n) is 2.92. The van der Waals surface area contributed by atoms with Crippen LogP contribution in [0.2, 0.25) is 0 Å². The lowest BCUT2D eigenvalue weighted by molar-refractivity contribution is -0.0301. The van der Waals surface area contributed by atoms with Crippen LogP contribution in [-0.2, 0) is 10.8 Å². The van der Waals surface area contributed by atoms with Gasteiger partial charge in [-0.25, -0.2) is 0 Å². The quantitative estimate of drug-likeness (QED) is 0.290. The van der Waals surface area contributed by atoms with Crippen LogP contribution in [0.5, 0.6) is 0 Å². The number of hydrogen-bond acceptors (Lipinski definition) is 3. The summed E-state index contributed by atoms with van der Waals surface area (Å²) in [7, 11) is -1.36. The van der Waals surface area contributed by atoms with Crippen LogP contribution in [0.3, 0.4) is 0 Å². The average Bonchev–Trinajstić information content (AvgIpc) is 1.73. The van der Waals surface area contributed by atoms with Gasteiger partial charge in [0.25, 0.3) is 5.12 Å². The number of aliphatic hydroxyl groups is 2. The number of rotatable bonds is 0. The monoisotopic (exact) mass is 108 g/mol. The van der Waals surface area contributed by atoms with Gasteiger partial charge in [0, 0.05) is 0 Å². The highest BCUT2D eigenvalue weighted by Gasteiger charge is 2.49. The molecule has 1 fully saturated rings. The van der Waals surface area contributed by atoms with Crippen molar-refractivity contribution >= 4 is 10.8 Å². The Morgan fingerprint density at radius 1 is 1.67 bits per heavy atom. The predicted octanol–water partition coefficient (Wildman–Crippen LogP) is -1.61. The summed E-state index contributed by atoms with van der Waals surface area (Å²) in [6.07, 6.45) is 0. The summed E-state index contributed by atoms with van der Waals surface area (Å²) in [6.45, 7) is 0. The average molecular weight is 108 g/mol. The van der Waals surface area contributed by atoms with Crippen molar-refractivity contribution in [3.05, 3.63) is 0 Å². The van der Waals surface area contributed by atoms with Crippen LogP contribution < -0.4 is 0 Å². The summed E-state index contributed by atoms with van der Waals surface area (Å²) in [5.41, 5.74) is 0. The molecule has 1 heterocycles. The third kappa shape index (κ3) is 0.466. The second kappa shape index (κ2) is 0.828. The zero-order valence-corrected chi connectivity index (χ0v) is 3.73. The first-order chi connectivity index (χ1) is 2.63. The Kier molecular flexibility index (Phi) is 0.585. The molecular weight excluding hydrogens is 104 g/mol. The Bertz CT molecular complexity index is 97.0. The molecule has 0 aliphatic carbocycles. The van der Waals surface area contributed by atoms with Crippen LogP contribution in [-0.4, -0.2) is 25.3 Å². The van der Waals surface area contributed by atoms with Gasteiger partial charge in [-0.15, -0.1) is 0 Å². The molecule has 0 bridgehead atoms. The lowest BCUT2D eigenvalue weighted by Crippen LogP contribution is -2.05. The molecular formula is C2H4O3S. The van der Waals surface area contributed by atoms with Gasteiger partial charge in [-0.3, -0.25) is 4.21 Å². The molecule has 4 heteroatoms. The van der Waals surface area contributed by atoms with E-state index in [1.165, 1.54) is 0 Å². The topological polar surface area (TPSA) is 57.5 Å². The van der Waals surface area contributed by atoms with Crippen LogP contribution >= 0.6 is 0 Å². The maximum atomic E-state index is 9.82. The van der Waals surface area contributed by atoms with Gasteiger partial charge < -0.3 is 10.2 Å². The van der Waals surface area contributed by atoms with E-state index in [0.717, 1.165) is 0 Å². The van der Waals surface area contributed by atoms with Crippen LogP contribution in [0.15, 0.2) is 0 Å². The fourth-order valence-corrected chi connectivity index (χ4v) is 0.568. The lowest BCUT2D eigenvalue weighted by Gasteiger charge is -1.83. The van der Waals surface area contributed by atoms with Crippen LogP contribution in [0, 0.1) is 0 Å². The maximum absolute atomic E-state index is 9.82. The smallest absolute Gasteiger partial charge is 0.254 e. The summed E-state index contributed by atoms with van der Waals surface area (Å²) in [4.78, 5) is 0. The van der Waals surface area contributed by atoms with Crippen molar-refractivity contribution in [2.24, 2.45) is 0 Å². The van der Waals surface area contributed by atoms with E-state index in [0.29, 0.717) is 0 Å². The summed E-state index contributed by atoms with van der Waals surface area (Å²) in [6, 6.07) is 0. The highest BCUT2D eigenvalue weighted by molar-refractivity contribution is 7.93. The molecule has 0 aromatic carbocycles. The molecule has 0 amide bonds. The van der Waals surface area contributed by atoms with E-state index in [9.17, 15) is 4.21 Å². The summed E-state index contributed by atoms with van der Waals surface area (Å²) >= 11 is 0. The fraction of sp³-hybridized carbons (Fsp3) is 1.00. The molecule has 1 atom stereocenters. The van der Waals surface area contributed by atoms with Crippen LogP contribution in [0.4, 0.5) is 0 Å². The summed E-state index contributed by atoms with van der Waals surface area (Å²) in [5.74, 6) is 0.0208. The third-order valence-electron chi connectivity index (χ3n) is 0.595. The molecule has 1 unspecified atom stereocenters. The van der Waals surface area contributed by atoms with Crippen LogP contribution in [0.25, 0.3) is 0 Å². The normalized spacial score (nSPS) is 39.3. The van der Waals surface area contributed by atoms with Crippen molar-refractivity contribution in [2.75, 3.05) is 5.75 Å². The predicted molar refractivity (Wildman–Crippen MR) is 20.2 cm³/mol. The van der Waals surface area contributed by atoms with Crippen molar-refractivity contribution < 1.29 is 14.4 Å². The molecule has 1 saturated heterocycles. The Hall–Kier alpha value is 0.0700. The Morgan fingerprint density at radius 2 is 1.83 bits per heavy atom. The molecule has 0 aromatic rings. The highest BCUT2D eigenvalue weighted by Crippen LogP contribution is 2.23. The van der Waals surface area contributed by atoms with Gasteiger partial charge in [-0.1, -0.05) is 0 Å². The summed E-state index contributed by atoms with van der Waals surface area (Å²) < 4.78 is 9.82. The molecule has 6 heavy (non-hydrogen) atoms. The van der Waals surface area contributed by atoms with E-state index in [1.807, 2.05) is 0 Å². The Labute approximate surface area is 37.1 Å². The molecule has 0 spiro atoms. The SMILES string of the molecule is O=S1CC1(O)O. The first-order valence-electron chi connectivity index (χ1n) is 1.46. The molecule has 3 nitrogen and oxygen atoms in total. The third-order valence-corrected chi connectivity index (χ3v) is 1.78. The molecule has 0 aromatic heterocycles. The number of hydrogen-bond donors (Lipinski definition) is 2. The largest absolute Gasteiger partial charge is 0.355 e. The highest BCUT2D eigenvalue weighted by atomic mass is 32.2. The van der Waals surface area contributed by atoms with E-state index in [2.05, 4.69) is 0 Å². The molecule has 1 aliphatic rings. The van der Waals surface area contributed by atoms with Gasteiger partial charge in [0.2, 0.25) is 0 Å². The minimum absolute atomic E-state index is 0.0208. The van der Waals surface area contributed by atoms with E-state index >= 15 is 0 Å². The first-order valence-corrected chi connectivity index (χ1v) is 2.78. The van der Waals surface area contributed by atoms with Crippen molar-refractivity contribution in [3.63, 3.8) is 0 Å². The van der Waals surface area contributed by atoms with Crippen LogP contribution in [0.1, 0.15) is 0 Å². The van der Waals surface area contributed by atoms with Gasteiger partial charge in [0.15, 0.2) is 0 Å². The standard InChI is InChI=1S/C2H4O3S/c3-2(4)1-6(2)5/h3-4H,1H2. The Balaban J connectivity index is 2.63. The van der Waals surface area contributed by atoms with Crippen molar-refractivity contribution in [1.29, 1.82) is 0 Å². The molecule has 1 aliphatic heterocycles. The molecule has 2 N–H and O–H groups in total. The van der Waals surface area contributed by atoms with E-state index in [1.54, 1.807) is 0 Å². The lowest BCUT2D eigenvalue weighted by atomic mass is 10.8. The Morgan fingerprint density at radius 3 is 1.83 bits per heavy atom.